The quantitative estimate of drug-likeness (QED) is 0.277. The summed E-state index contributed by atoms with van der Waals surface area (Å²) in [6, 6.07) is 0. The molecule has 0 aliphatic carbocycles. The molecule has 0 heterocycles. The molecular weight excluding hydrogens is 149 g/mol. The smallest absolute Gasteiger partial charge is 0.808 e. The Labute approximate surface area is 92.3 Å². The molecule has 3 nitrogen and oxygen atoms in total. The van der Waals surface area contributed by atoms with Gasteiger partial charge in [-0.15, -0.1) is 0 Å². The van der Waals surface area contributed by atoms with Gasteiger partial charge in [-0.1, -0.05) is 12.4 Å². The van der Waals surface area contributed by atoms with E-state index in [2.05, 4.69) is 6.58 Å². The Morgan fingerprint density at radius 1 is 1.38 bits per heavy atom. The fourth-order valence-corrected chi connectivity index (χ4v) is 0. The van der Waals surface area contributed by atoms with E-state index in [4.69, 9.17) is 0 Å². The molecule has 0 aromatic rings. The van der Waals surface area contributed by atoms with Gasteiger partial charge in [0, 0.05) is 0 Å². The van der Waals surface area contributed by atoms with Crippen LogP contribution in [0.25, 0.3) is 0 Å². The molecule has 0 saturated heterocycles. The summed E-state index contributed by atoms with van der Waals surface area (Å²) in [5.74, 6) is 0.382. The topological polar surface area (TPSA) is 63.2 Å². The summed E-state index contributed by atoms with van der Waals surface area (Å²) >= 11 is 0. The largest absolute Gasteiger partial charge is 1.00 e. The molecule has 36 valence electrons. The van der Waals surface area contributed by atoms with Crippen LogP contribution in [0.15, 0.2) is 12.4 Å². The summed E-state index contributed by atoms with van der Waals surface area (Å²) in [6.07, 6.45) is 0. The van der Waals surface area contributed by atoms with Crippen molar-refractivity contribution in [1.29, 1.82) is 0 Å². The van der Waals surface area contributed by atoms with E-state index in [1.54, 1.807) is 0 Å². The van der Waals surface area contributed by atoms with Crippen LogP contribution in [0.4, 0.5) is 0 Å². The van der Waals surface area contributed by atoms with Gasteiger partial charge in [0.05, 0.1) is 0 Å². The van der Waals surface area contributed by atoms with E-state index in [-0.39, 0.29) is 59.1 Å². The van der Waals surface area contributed by atoms with Crippen molar-refractivity contribution in [2.45, 2.75) is 0 Å². The molecule has 0 saturated carbocycles. The van der Waals surface area contributed by atoms with Crippen molar-refractivity contribution in [2.24, 2.45) is 0 Å². The predicted octanol–water partition coefficient (Wildman–Crippen LogP) is -6.95. The van der Waals surface area contributed by atoms with Gasteiger partial charge in [0.25, 0.3) is 0 Å². The minimum absolute atomic E-state index is 0. The third-order valence-corrected chi connectivity index (χ3v) is 0.671. The average Bonchev–Trinajstić information content (AvgIpc) is 1.35. The van der Waals surface area contributed by atoms with Crippen molar-refractivity contribution in [3.05, 3.63) is 12.4 Å². The molecule has 0 aromatic heterocycles. The van der Waals surface area contributed by atoms with E-state index in [9.17, 15) is 14.4 Å². The van der Waals surface area contributed by atoms with Crippen LogP contribution in [0.5, 0.6) is 0 Å². The first kappa shape index (κ1) is 16.5. The van der Waals surface area contributed by atoms with E-state index >= 15 is 0 Å². The summed E-state index contributed by atoms with van der Waals surface area (Å²) < 4.78 is 9.35. The molecule has 0 fully saturated rings. The Morgan fingerprint density at radius 2 is 1.50 bits per heavy atom. The van der Waals surface area contributed by atoms with E-state index in [1.807, 2.05) is 0 Å². The van der Waals surface area contributed by atoms with Gasteiger partial charge < -0.3 is 14.4 Å². The zero-order chi connectivity index (χ0) is 5.21. The maximum absolute atomic E-state index is 9.35. The molecule has 0 unspecified atom stereocenters. The molecule has 0 atom stereocenters. The normalized spacial score (nSPS) is 8.25. The summed E-state index contributed by atoms with van der Waals surface area (Å²) in [6.45, 7) is 2.74. The van der Waals surface area contributed by atoms with Crippen molar-refractivity contribution in [2.75, 3.05) is 0 Å². The standard InChI is InChI=1S/C2H5O3P.2Na/c1-2-6(3,4)5;;/h2H,1H2,(H2,3,4,5);;/q;2*+1/p-2. The Kier molecular flexibility index (Phi) is 14.4. The van der Waals surface area contributed by atoms with Gasteiger partial charge in [-0.05, 0) is 7.60 Å². The van der Waals surface area contributed by atoms with Gasteiger partial charge >= 0.3 is 59.1 Å². The third-order valence-electron chi connectivity index (χ3n) is 0.224. The van der Waals surface area contributed by atoms with Crippen LogP contribution in [-0.4, -0.2) is 0 Å². The molecule has 0 aliphatic rings. The fraction of sp³-hybridized carbons (Fsp3) is 0. The van der Waals surface area contributed by atoms with Crippen LogP contribution in [0, 0.1) is 0 Å². The number of hydrogen-bond acceptors (Lipinski definition) is 3. The SMILES string of the molecule is C=CP(=O)([O-])[O-].[Na+].[Na+]. The van der Waals surface area contributed by atoms with Gasteiger partial charge in [0.2, 0.25) is 0 Å². The first-order valence-electron chi connectivity index (χ1n) is 1.21. The van der Waals surface area contributed by atoms with E-state index in [1.165, 1.54) is 0 Å². The predicted molar refractivity (Wildman–Crippen MR) is 17.8 cm³/mol. The van der Waals surface area contributed by atoms with Crippen LogP contribution in [-0.2, 0) is 4.57 Å². The van der Waals surface area contributed by atoms with Crippen molar-refractivity contribution in [1.82, 2.24) is 0 Å². The minimum Gasteiger partial charge on any atom is -0.808 e. The molecule has 0 aromatic carbocycles. The summed E-state index contributed by atoms with van der Waals surface area (Å²) in [7, 11) is -4.38. The Balaban J connectivity index is -0.000000125. The van der Waals surface area contributed by atoms with Gasteiger partial charge in [-0.2, -0.15) is 0 Å². The van der Waals surface area contributed by atoms with E-state index in [0.29, 0.717) is 5.82 Å². The second-order valence-corrected chi connectivity index (χ2v) is 2.17. The molecule has 0 spiro atoms. The van der Waals surface area contributed by atoms with Crippen molar-refractivity contribution < 1.29 is 73.5 Å². The molecule has 6 heteroatoms. The summed E-state index contributed by atoms with van der Waals surface area (Å²) in [4.78, 5) is 18.7. The van der Waals surface area contributed by atoms with Gasteiger partial charge in [-0.25, -0.2) is 0 Å². The number of hydrogen-bond donors (Lipinski definition) is 0. The zero-order valence-electron chi connectivity index (χ0n) is 4.96. The molecule has 0 rings (SSSR count). The average molecular weight is 152 g/mol. The monoisotopic (exact) mass is 152 g/mol. The number of rotatable bonds is 1. The van der Waals surface area contributed by atoms with E-state index < -0.39 is 7.60 Å². The maximum atomic E-state index is 9.35. The van der Waals surface area contributed by atoms with Gasteiger partial charge in [0.1, 0.15) is 0 Å². The summed E-state index contributed by atoms with van der Waals surface area (Å²) in [5, 5.41) is 0. The van der Waals surface area contributed by atoms with Crippen LogP contribution in [0.1, 0.15) is 0 Å². The molecule has 0 radical (unpaired) electrons. The van der Waals surface area contributed by atoms with Crippen molar-refractivity contribution >= 4 is 7.60 Å². The Morgan fingerprint density at radius 3 is 1.50 bits per heavy atom. The Bertz CT molecular complexity index is 97.5. The first-order chi connectivity index (χ1) is 2.56. The summed E-state index contributed by atoms with van der Waals surface area (Å²) in [5.41, 5.74) is 0. The van der Waals surface area contributed by atoms with Crippen LogP contribution < -0.4 is 68.9 Å². The Hall–Kier alpha value is 1.89. The molecule has 0 amide bonds. The zero-order valence-corrected chi connectivity index (χ0v) is 9.85. The fourth-order valence-electron chi connectivity index (χ4n) is 0. The molecule has 8 heavy (non-hydrogen) atoms. The molecule has 0 bridgehead atoms. The van der Waals surface area contributed by atoms with Crippen LogP contribution in [0.2, 0.25) is 0 Å². The molecular formula is C2H3Na2O3P. The molecule has 0 aliphatic heterocycles. The van der Waals surface area contributed by atoms with E-state index in [0.717, 1.165) is 0 Å². The minimum atomic E-state index is -4.38. The maximum Gasteiger partial charge on any atom is 1.00 e. The van der Waals surface area contributed by atoms with Gasteiger partial charge in [0.15, 0.2) is 0 Å². The van der Waals surface area contributed by atoms with Crippen molar-refractivity contribution in [3.8, 4) is 0 Å². The second-order valence-electron chi connectivity index (χ2n) is 0.722. The second kappa shape index (κ2) is 7.00. The third kappa shape index (κ3) is 15.7. The van der Waals surface area contributed by atoms with Gasteiger partial charge in [-0.3, -0.25) is 0 Å². The first-order valence-corrected chi connectivity index (χ1v) is 2.83. The molecule has 0 N–H and O–H groups in total. The van der Waals surface area contributed by atoms with Crippen LogP contribution in [0.3, 0.4) is 0 Å². The van der Waals surface area contributed by atoms with Crippen LogP contribution >= 0.6 is 7.60 Å². The van der Waals surface area contributed by atoms with Crippen molar-refractivity contribution in [3.63, 3.8) is 0 Å².